The number of ether oxygens (including phenoxy) is 1. The van der Waals surface area contributed by atoms with Gasteiger partial charge >= 0.3 is 5.69 Å². The largest absolute Gasteiger partial charge is 0.394 e. The van der Waals surface area contributed by atoms with Crippen LogP contribution in [-0.2, 0) is 9.53 Å². The van der Waals surface area contributed by atoms with E-state index in [4.69, 9.17) is 10.5 Å². The average Bonchev–Trinajstić information content (AvgIpc) is 2.85. The highest BCUT2D eigenvalue weighted by atomic mass is 16.6. The van der Waals surface area contributed by atoms with Crippen molar-refractivity contribution < 1.29 is 24.9 Å². The summed E-state index contributed by atoms with van der Waals surface area (Å²) in [6.07, 6.45) is -0.413. The Morgan fingerprint density at radius 3 is 2.69 bits per heavy atom. The first-order valence-corrected chi connectivity index (χ1v) is 8.48. The van der Waals surface area contributed by atoms with Crippen molar-refractivity contribution in [2.24, 2.45) is 0 Å². The van der Waals surface area contributed by atoms with Crippen molar-refractivity contribution in [2.45, 2.75) is 57.6 Å². The summed E-state index contributed by atoms with van der Waals surface area (Å²) in [6, 6.07) is 0. The zero-order valence-corrected chi connectivity index (χ0v) is 14.8. The molecule has 1 aromatic rings. The summed E-state index contributed by atoms with van der Waals surface area (Å²) in [5, 5.41) is 29.1. The minimum Gasteiger partial charge on any atom is -0.394 e. The number of hydrogen-bond acceptors (Lipinski definition) is 8. The van der Waals surface area contributed by atoms with Crippen LogP contribution in [0, 0.1) is 0 Å². The molecular formula is C17H25N3O6. The van der Waals surface area contributed by atoms with Gasteiger partial charge in [-0.15, -0.1) is 0 Å². The van der Waals surface area contributed by atoms with Gasteiger partial charge in [0.05, 0.1) is 6.61 Å². The first-order chi connectivity index (χ1) is 12.3. The second kappa shape index (κ2) is 8.54. The van der Waals surface area contributed by atoms with Crippen molar-refractivity contribution in [1.29, 1.82) is 0 Å². The van der Waals surface area contributed by atoms with E-state index in [9.17, 15) is 24.9 Å². The van der Waals surface area contributed by atoms with Crippen LogP contribution in [0.4, 0.5) is 5.82 Å². The van der Waals surface area contributed by atoms with Crippen LogP contribution in [0.25, 0.3) is 6.08 Å². The Kier molecular flexibility index (Phi) is 6.65. The fourth-order valence-corrected chi connectivity index (χ4v) is 2.89. The van der Waals surface area contributed by atoms with Gasteiger partial charge in [0, 0.05) is 24.6 Å². The van der Waals surface area contributed by atoms with Crippen LogP contribution in [-0.4, -0.2) is 55.6 Å². The number of carbonyl (C=O) groups is 1. The minimum absolute atomic E-state index is 0.0136. The van der Waals surface area contributed by atoms with Crippen LogP contribution < -0.4 is 11.4 Å². The van der Waals surface area contributed by atoms with Gasteiger partial charge in [0.25, 0.3) is 0 Å². The topological polar surface area (TPSA) is 148 Å². The Bertz CT molecular complexity index is 745. The quantitative estimate of drug-likeness (QED) is 0.509. The summed E-state index contributed by atoms with van der Waals surface area (Å²) < 4.78 is 6.38. The third-order valence-electron chi connectivity index (χ3n) is 4.21. The van der Waals surface area contributed by atoms with Crippen LogP contribution in [0.3, 0.4) is 0 Å². The van der Waals surface area contributed by atoms with Crippen LogP contribution in [0.1, 0.15) is 44.9 Å². The number of carbonyl (C=O) groups excluding carboxylic acids is 1. The molecule has 1 aliphatic heterocycles. The first kappa shape index (κ1) is 20.2. The number of hydrogen-bond donors (Lipinski definition) is 4. The Balaban J connectivity index is 2.32. The van der Waals surface area contributed by atoms with E-state index in [1.54, 1.807) is 13.0 Å². The summed E-state index contributed by atoms with van der Waals surface area (Å²) in [5.74, 6) is 0.0878. The van der Waals surface area contributed by atoms with Gasteiger partial charge < -0.3 is 25.8 Å². The molecule has 1 aromatic heterocycles. The van der Waals surface area contributed by atoms with Gasteiger partial charge in [-0.2, -0.15) is 4.98 Å². The molecule has 1 fully saturated rings. The molecule has 2 rings (SSSR count). The van der Waals surface area contributed by atoms with Crippen molar-refractivity contribution in [3.05, 3.63) is 27.8 Å². The molecule has 0 aromatic carbocycles. The van der Waals surface area contributed by atoms with E-state index >= 15 is 0 Å². The number of rotatable bonds is 7. The average molecular weight is 367 g/mol. The molecule has 5 N–H and O–H groups in total. The lowest BCUT2D eigenvalue weighted by atomic mass is 10.1. The number of nitrogen functional groups attached to an aromatic ring is 1. The SMILES string of the molecule is CCCC(=O)CC(C)=Cc1cn([C@@H]2O[C@H](CO)C(O)C2O)c(=O)nc1N. The number of aliphatic hydroxyl groups is 3. The molecule has 26 heavy (non-hydrogen) atoms. The second-order valence-electron chi connectivity index (χ2n) is 6.46. The molecule has 1 aliphatic rings. The van der Waals surface area contributed by atoms with Gasteiger partial charge in [-0.3, -0.25) is 9.36 Å². The van der Waals surface area contributed by atoms with Crippen molar-refractivity contribution in [1.82, 2.24) is 9.55 Å². The van der Waals surface area contributed by atoms with E-state index in [2.05, 4.69) is 4.98 Å². The molecular weight excluding hydrogens is 342 g/mol. The standard InChI is InChI=1S/C17H25N3O6/c1-3-4-11(22)6-9(2)5-10-7-20(17(25)19-15(10)18)16-14(24)13(23)12(8-21)26-16/h5,7,12-14,16,21,23-24H,3-4,6,8H2,1-2H3,(H2,18,19,25)/t12-,13?,14?,16-/m1/s1. The smallest absolute Gasteiger partial charge is 0.351 e. The highest BCUT2D eigenvalue weighted by molar-refractivity contribution is 5.82. The maximum Gasteiger partial charge on any atom is 0.351 e. The van der Waals surface area contributed by atoms with Crippen molar-refractivity contribution in [3.8, 4) is 0 Å². The molecule has 0 bridgehead atoms. The summed E-state index contributed by atoms with van der Waals surface area (Å²) >= 11 is 0. The molecule has 4 atom stereocenters. The predicted octanol–water partition coefficient (Wildman–Crippen LogP) is -0.400. The third kappa shape index (κ3) is 4.36. The molecule has 2 unspecified atom stereocenters. The number of anilines is 1. The number of nitrogens with two attached hydrogens (primary N) is 1. The first-order valence-electron chi connectivity index (χ1n) is 8.48. The van der Waals surface area contributed by atoms with Crippen LogP contribution in [0.5, 0.6) is 0 Å². The van der Waals surface area contributed by atoms with Gasteiger partial charge in [-0.05, 0) is 13.3 Å². The van der Waals surface area contributed by atoms with E-state index in [0.29, 0.717) is 12.0 Å². The fraction of sp³-hybridized carbons (Fsp3) is 0.588. The highest BCUT2D eigenvalue weighted by Crippen LogP contribution is 2.28. The van der Waals surface area contributed by atoms with Crippen LogP contribution >= 0.6 is 0 Å². The number of nitrogens with zero attached hydrogens (tertiary/aromatic N) is 2. The fourth-order valence-electron chi connectivity index (χ4n) is 2.89. The van der Waals surface area contributed by atoms with E-state index in [0.717, 1.165) is 16.6 Å². The lowest BCUT2D eigenvalue weighted by Crippen LogP contribution is -2.36. The summed E-state index contributed by atoms with van der Waals surface area (Å²) in [6.45, 7) is 3.20. The number of allylic oxidation sites excluding steroid dienone is 1. The van der Waals surface area contributed by atoms with Crippen LogP contribution in [0.2, 0.25) is 0 Å². The van der Waals surface area contributed by atoms with E-state index < -0.39 is 36.8 Å². The molecule has 0 spiro atoms. The Morgan fingerprint density at radius 2 is 2.12 bits per heavy atom. The lowest BCUT2D eigenvalue weighted by molar-refractivity contribution is -0.118. The minimum atomic E-state index is -1.40. The molecule has 9 heteroatoms. The molecule has 0 saturated carbocycles. The molecule has 2 heterocycles. The zero-order chi connectivity index (χ0) is 19.4. The molecule has 0 aliphatic carbocycles. The summed E-state index contributed by atoms with van der Waals surface area (Å²) in [5.41, 5.74) is 6.19. The number of aromatic nitrogens is 2. The molecule has 9 nitrogen and oxygen atoms in total. The van der Waals surface area contributed by atoms with Crippen molar-refractivity contribution >= 4 is 17.7 Å². The third-order valence-corrected chi connectivity index (χ3v) is 4.21. The van der Waals surface area contributed by atoms with Gasteiger partial charge in [0.1, 0.15) is 29.9 Å². The van der Waals surface area contributed by atoms with Crippen molar-refractivity contribution in [3.63, 3.8) is 0 Å². The highest BCUT2D eigenvalue weighted by Gasteiger charge is 2.43. The molecule has 0 radical (unpaired) electrons. The van der Waals surface area contributed by atoms with Gasteiger partial charge in [-0.25, -0.2) is 4.79 Å². The number of Topliss-reactive ketones (excluding diaryl/α,β-unsaturated/α-hetero) is 1. The number of ketones is 1. The maximum atomic E-state index is 12.1. The molecule has 1 saturated heterocycles. The summed E-state index contributed by atoms with van der Waals surface area (Å²) in [4.78, 5) is 27.6. The molecule has 0 amide bonds. The normalized spacial score (nSPS) is 26.3. The monoisotopic (exact) mass is 367 g/mol. The van der Waals surface area contributed by atoms with Gasteiger partial charge in [-0.1, -0.05) is 18.6 Å². The van der Waals surface area contributed by atoms with E-state index in [1.807, 2.05) is 6.92 Å². The number of aliphatic hydroxyl groups excluding tert-OH is 3. The lowest BCUT2D eigenvalue weighted by Gasteiger charge is -2.18. The van der Waals surface area contributed by atoms with E-state index in [-0.39, 0.29) is 18.0 Å². The second-order valence-corrected chi connectivity index (χ2v) is 6.46. The van der Waals surface area contributed by atoms with Gasteiger partial charge in [0.15, 0.2) is 6.23 Å². The zero-order valence-electron chi connectivity index (χ0n) is 14.8. The van der Waals surface area contributed by atoms with E-state index in [1.165, 1.54) is 6.20 Å². The predicted molar refractivity (Wildman–Crippen MR) is 94.1 cm³/mol. The van der Waals surface area contributed by atoms with Crippen LogP contribution in [0.15, 0.2) is 16.6 Å². The maximum absolute atomic E-state index is 12.1. The Hall–Kier alpha value is -2.07. The molecule has 144 valence electrons. The van der Waals surface area contributed by atoms with Gasteiger partial charge in [0.2, 0.25) is 0 Å². The summed E-state index contributed by atoms with van der Waals surface area (Å²) in [7, 11) is 0. The Labute approximate surface area is 150 Å². The Morgan fingerprint density at radius 1 is 1.42 bits per heavy atom. The van der Waals surface area contributed by atoms with Crippen molar-refractivity contribution in [2.75, 3.05) is 12.3 Å².